The minimum atomic E-state index is -0.244. The number of Topliss-reactive ketones (excluding diaryl/α,β-unsaturated/α-hetero) is 1. The van der Waals surface area contributed by atoms with E-state index in [4.69, 9.17) is 0 Å². The van der Waals surface area contributed by atoms with E-state index in [9.17, 15) is 14.4 Å². The second-order valence-corrected chi connectivity index (χ2v) is 6.95. The van der Waals surface area contributed by atoms with Crippen LogP contribution < -0.4 is 5.32 Å². The Morgan fingerprint density at radius 3 is 2.46 bits per heavy atom. The van der Waals surface area contributed by atoms with Gasteiger partial charge in [-0.15, -0.1) is 11.3 Å². The number of carbonyl (C=O) groups is 3. The highest BCUT2D eigenvalue weighted by Crippen LogP contribution is 2.18. The van der Waals surface area contributed by atoms with Gasteiger partial charge in [0.05, 0.1) is 4.88 Å². The van der Waals surface area contributed by atoms with E-state index < -0.39 is 0 Å². The lowest BCUT2D eigenvalue weighted by molar-refractivity contribution is -0.116. The first-order valence-electron chi connectivity index (χ1n) is 7.58. The summed E-state index contributed by atoms with van der Waals surface area (Å²) in [4.78, 5) is 39.2. The van der Waals surface area contributed by atoms with Crippen LogP contribution in [0.2, 0.25) is 0 Å². The van der Waals surface area contributed by atoms with Crippen LogP contribution in [0.4, 0.5) is 5.69 Å². The van der Waals surface area contributed by atoms with Crippen LogP contribution >= 0.6 is 11.3 Å². The molecule has 0 aliphatic carbocycles. The molecular formula is C18H20N2O3S. The number of thiophene rings is 1. The Hall–Kier alpha value is -2.47. The second-order valence-electron chi connectivity index (χ2n) is 5.66. The molecule has 0 aliphatic rings. The molecule has 0 unspecified atom stereocenters. The number of carbonyl (C=O) groups excluding carboxylic acids is 3. The lowest BCUT2D eigenvalue weighted by Crippen LogP contribution is -2.22. The number of ketones is 1. The standard InChI is InChI=1S/C18H20N2O3S/c1-12-7-9-16(24-12)15(21)8-10-17(22)19-14-6-4-5-13(11-14)18(23)20(2)3/h4-7,9,11H,8,10H2,1-3H3,(H,19,22). The van der Waals surface area contributed by atoms with Crippen LogP contribution in [0.5, 0.6) is 0 Å². The molecule has 0 bridgehead atoms. The van der Waals surface area contributed by atoms with Gasteiger partial charge in [0.1, 0.15) is 0 Å². The fraction of sp³-hybridized carbons (Fsp3) is 0.278. The van der Waals surface area contributed by atoms with Gasteiger partial charge in [0.15, 0.2) is 5.78 Å². The Bertz CT molecular complexity index is 765. The number of hydrogen-bond acceptors (Lipinski definition) is 4. The number of amides is 2. The van der Waals surface area contributed by atoms with E-state index in [1.54, 1.807) is 44.4 Å². The van der Waals surface area contributed by atoms with Gasteiger partial charge in [-0.05, 0) is 37.3 Å². The average Bonchev–Trinajstić information content (AvgIpc) is 2.98. The summed E-state index contributed by atoms with van der Waals surface area (Å²) in [5.74, 6) is -0.403. The van der Waals surface area contributed by atoms with Crippen LogP contribution in [0.3, 0.4) is 0 Å². The van der Waals surface area contributed by atoms with Crippen LogP contribution in [0, 0.1) is 6.92 Å². The second kappa shape index (κ2) is 7.88. The highest BCUT2D eigenvalue weighted by molar-refractivity contribution is 7.14. The molecule has 0 aliphatic heterocycles. The van der Waals surface area contributed by atoms with Gasteiger partial charge in [0.25, 0.3) is 5.91 Å². The molecular weight excluding hydrogens is 324 g/mol. The van der Waals surface area contributed by atoms with Gasteiger partial charge >= 0.3 is 0 Å². The Balaban J connectivity index is 1.91. The largest absolute Gasteiger partial charge is 0.345 e. The van der Waals surface area contributed by atoms with Crippen molar-refractivity contribution in [2.45, 2.75) is 19.8 Å². The molecule has 0 atom stereocenters. The SMILES string of the molecule is Cc1ccc(C(=O)CCC(=O)Nc2cccc(C(=O)N(C)C)c2)s1. The van der Waals surface area contributed by atoms with E-state index in [0.717, 1.165) is 4.88 Å². The third-order valence-electron chi connectivity index (χ3n) is 3.39. The zero-order valence-electron chi connectivity index (χ0n) is 14.0. The first-order valence-corrected chi connectivity index (χ1v) is 8.39. The van der Waals surface area contributed by atoms with Gasteiger partial charge in [-0.2, -0.15) is 0 Å². The van der Waals surface area contributed by atoms with Gasteiger partial charge in [-0.1, -0.05) is 6.07 Å². The van der Waals surface area contributed by atoms with E-state index in [-0.39, 0.29) is 30.4 Å². The molecule has 2 rings (SSSR count). The summed E-state index contributed by atoms with van der Waals surface area (Å²) in [6, 6.07) is 10.4. The molecule has 1 heterocycles. The lowest BCUT2D eigenvalue weighted by Gasteiger charge is -2.11. The first-order chi connectivity index (χ1) is 11.4. The smallest absolute Gasteiger partial charge is 0.253 e. The van der Waals surface area contributed by atoms with Crippen LogP contribution in [0.1, 0.15) is 37.7 Å². The highest BCUT2D eigenvalue weighted by Gasteiger charge is 2.12. The first kappa shape index (κ1) is 17.9. The van der Waals surface area contributed by atoms with Crippen LogP contribution in [-0.4, -0.2) is 36.6 Å². The van der Waals surface area contributed by atoms with E-state index in [1.807, 2.05) is 13.0 Å². The number of nitrogens with zero attached hydrogens (tertiary/aromatic N) is 1. The molecule has 1 N–H and O–H groups in total. The number of aryl methyl sites for hydroxylation is 1. The molecule has 2 amide bonds. The predicted octanol–water partition coefficient (Wildman–Crippen LogP) is 3.36. The summed E-state index contributed by atoms with van der Waals surface area (Å²) in [5, 5.41) is 2.73. The zero-order valence-corrected chi connectivity index (χ0v) is 14.8. The van der Waals surface area contributed by atoms with Crippen molar-refractivity contribution in [1.82, 2.24) is 4.90 Å². The Morgan fingerprint density at radius 1 is 1.08 bits per heavy atom. The third-order valence-corrected chi connectivity index (χ3v) is 4.44. The van der Waals surface area contributed by atoms with Gasteiger partial charge in [-0.25, -0.2) is 0 Å². The van der Waals surface area contributed by atoms with Crippen molar-refractivity contribution in [3.63, 3.8) is 0 Å². The highest BCUT2D eigenvalue weighted by atomic mass is 32.1. The molecule has 0 spiro atoms. The lowest BCUT2D eigenvalue weighted by atomic mass is 10.1. The third kappa shape index (κ3) is 4.76. The Kier molecular flexibility index (Phi) is 5.87. The predicted molar refractivity (Wildman–Crippen MR) is 95.7 cm³/mol. The van der Waals surface area contributed by atoms with Gasteiger partial charge in [-0.3, -0.25) is 14.4 Å². The molecule has 0 saturated carbocycles. The number of benzene rings is 1. The number of hydrogen-bond donors (Lipinski definition) is 1. The van der Waals surface area contributed by atoms with Crippen LogP contribution in [-0.2, 0) is 4.79 Å². The molecule has 2 aromatic rings. The maximum Gasteiger partial charge on any atom is 0.253 e. The molecule has 0 fully saturated rings. The summed E-state index contributed by atoms with van der Waals surface area (Å²) >= 11 is 1.44. The molecule has 24 heavy (non-hydrogen) atoms. The molecule has 1 aromatic heterocycles. The van der Waals surface area contributed by atoms with E-state index in [1.165, 1.54) is 16.2 Å². The number of nitrogens with one attached hydrogen (secondary N) is 1. The van der Waals surface area contributed by atoms with Gasteiger partial charge < -0.3 is 10.2 Å². The summed E-state index contributed by atoms with van der Waals surface area (Å²) in [5.41, 5.74) is 1.05. The van der Waals surface area contributed by atoms with Crippen molar-refractivity contribution < 1.29 is 14.4 Å². The normalized spacial score (nSPS) is 10.3. The molecule has 126 valence electrons. The van der Waals surface area contributed by atoms with Crippen molar-refractivity contribution >= 4 is 34.6 Å². The van der Waals surface area contributed by atoms with Crippen LogP contribution in [0.15, 0.2) is 36.4 Å². The van der Waals surface area contributed by atoms with E-state index >= 15 is 0 Å². The summed E-state index contributed by atoms with van der Waals surface area (Å²) in [7, 11) is 3.34. The summed E-state index contributed by atoms with van der Waals surface area (Å²) in [6.45, 7) is 1.94. The Labute approximate surface area is 145 Å². The monoisotopic (exact) mass is 344 g/mol. The van der Waals surface area contributed by atoms with E-state index in [2.05, 4.69) is 5.32 Å². The van der Waals surface area contributed by atoms with Crippen molar-refractivity contribution in [3.05, 3.63) is 51.7 Å². The quantitative estimate of drug-likeness (QED) is 0.817. The fourth-order valence-corrected chi connectivity index (χ4v) is 2.98. The van der Waals surface area contributed by atoms with Crippen molar-refractivity contribution in [3.8, 4) is 0 Å². The molecule has 1 aromatic carbocycles. The maximum absolute atomic E-state index is 12.0. The van der Waals surface area contributed by atoms with Crippen molar-refractivity contribution in [1.29, 1.82) is 0 Å². The van der Waals surface area contributed by atoms with Crippen molar-refractivity contribution in [2.24, 2.45) is 0 Å². The minimum absolute atomic E-state index is 0.0280. The summed E-state index contributed by atoms with van der Waals surface area (Å²) < 4.78 is 0. The summed E-state index contributed by atoms with van der Waals surface area (Å²) in [6.07, 6.45) is 0.281. The molecule has 0 radical (unpaired) electrons. The van der Waals surface area contributed by atoms with E-state index in [0.29, 0.717) is 16.1 Å². The maximum atomic E-state index is 12.0. The number of anilines is 1. The van der Waals surface area contributed by atoms with Crippen LogP contribution in [0.25, 0.3) is 0 Å². The zero-order chi connectivity index (χ0) is 17.7. The number of rotatable bonds is 6. The average molecular weight is 344 g/mol. The fourth-order valence-electron chi connectivity index (χ4n) is 2.15. The van der Waals surface area contributed by atoms with Gasteiger partial charge in [0, 0.05) is 43.1 Å². The van der Waals surface area contributed by atoms with Crippen molar-refractivity contribution in [2.75, 3.05) is 19.4 Å². The minimum Gasteiger partial charge on any atom is -0.345 e. The molecule has 6 heteroatoms. The van der Waals surface area contributed by atoms with Gasteiger partial charge in [0.2, 0.25) is 5.91 Å². The Morgan fingerprint density at radius 2 is 1.83 bits per heavy atom. The topological polar surface area (TPSA) is 66.5 Å². The molecule has 5 nitrogen and oxygen atoms in total. The molecule has 0 saturated heterocycles.